The molecule has 8 N–H and O–H groups in total. The van der Waals surface area contributed by atoms with Crippen molar-refractivity contribution < 1.29 is 34.1 Å². The van der Waals surface area contributed by atoms with Crippen LogP contribution in [0.15, 0.2) is 0 Å². The maximum Gasteiger partial charge on any atom is 0.245 e. The number of fused-ring (bicyclic) bond motifs is 1. The van der Waals surface area contributed by atoms with Crippen molar-refractivity contribution in [1.29, 1.82) is 0 Å². The van der Waals surface area contributed by atoms with Gasteiger partial charge >= 0.3 is 0 Å². The Bertz CT molecular complexity index is 994. The number of hydrogen-bond acceptors (Lipinski definition) is 9. The topological polar surface area (TPSA) is 195 Å². The predicted octanol–water partition coefficient (Wildman–Crippen LogP) is 0.653. The lowest BCUT2D eigenvalue weighted by Crippen LogP contribution is -2.62. The number of likely N-dealkylation sites (N-methyl/N-ethyl adjacent to an activating group) is 1. The van der Waals surface area contributed by atoms with Gasteiger partial charge in [-0.15, -0.1) is 0 Å². The molecule has 1 unspecified atom stereocenters. The summed E-state index contributed by atoms with van der Waals surface area (Å²) >= 11 is 0. The highest BCUT2D eigenvalue weighted by Crippen LogP contribution is 2.31. The highest BCUT2D eigenvalue weighted by Gasteiger charge is 2.40. The summed E-state index contributed by atoms with van der Waals surface area (Å²) in [5.74, 6) is -2.58. The fraction of sp³-hybridized carbons (Fsp3) is 0.879. The molecule has 1 heterocycles. The van der Waals surface area contributed by atoms with Crippen LogP contribution in [0.2, 0.25) is 0 Å². The highest BCUT2D eigenvalue weighted by atomic mass is 16.5. The van der Waals surface area contributed by atoms with E-state index in [1.807, 2.05) is 6.92 Å². The minimum Gasteiger partial charge on any atom is -0.391 e. The van der Waals surface area contributed by atoms with Crippen LogP contribution in [0.5, 0.6) is 0 Å². The minimum absolute atomic E-state index is 0.133. The lowest BCUT2D eigenvalue weighted by atomic mass is 9.83. The zero-order valence-electron chi connectivity index (χ0n) is 28.3. The molecule has 1 aliphatic heterocycles. The number of carbonyl (C=O) groups excluding carboxylic acids is 4. The Labute approximate surface area is 274 Å². The number of nitrogens with one attached hydrogen (secondary N) is 4. The second-order valence-electron chi connectivity index (χ2n) is 13.7. The normalized spacial score (nSPS) is 35.0. The van der Waals surface area contributed by atoms with E-state index in [0.29, 0.717) is 12.8 Å². The van der Waals surface area contributed by atoms with E-state index in [1.54, 1.807) is 18.9 Å². The molecule has 3 fully saturated rings. The number of aliphatic hydroxyl groups is 2. The molecule has 0 radical (unpaired) electrons. The van der Waals surface area contributed by atoms with Crippen LogP contribution in [0.4, 0.5) is 0 Å². The average Bonchev–Trinajstić information content (AvgIpc) is 3.02. The minimum atomic E-state index is -1.30. The van der Waals surface area contributed by atoms with E-state index in [9.17, 15) is 29.4 Å². The highest BCUT2D eigenvalue weighted by molar-refractivity contribution is 5.95. The number of amides is 4. The van der Waals surface area contributed by atoms with Crippen LogP contribution in [0.1, 0.15) is 104 Å². The second kappa shape index (κ2) is 18.9. The third-order valence-corrected chi connectivity index (χ3v) is 9.99. The summed E-state index contributed by atoms with van der Waals surface area (Å²) < 4.78 is 6.39. The number of nitrogens with zero attached hydrogens (tertiary/aromatic N) is 1. The van der Waals surface area contributed by atoms with Gasteiger partial charge in [-0.25, -0.2) is 0 Å². The molecule has 13 heteroatoms. The van der Waals surface area contributed by atoms with Crippen LogP contribution in [0.3, 0.4) is 0 Å². The van der Waals surface area contributed by atoms with Crippen LogP contribution in [0.25, 0.3) is 0 Å². The molecule has 264 valence electrons. The first kappa shape index (κ1) is 38.1. The number of nitrogens with two attached hydrogens (primary N) is 1. The van der Waals surface area contributed by atoms with Gasteiger partial charge in [0.25, 0.3) is 0 Å². The maximum atomic E-state index is 14.0. The first-order valence-corrected chi connectivity index (χ1v) is 17.6. The molecule has 3 aliphatic rings. The first-order valence-electron chi connectivity index (χ1n) is 17.6. The standard InChI is InChI=1S/C33H60N6O7/c1-5-13-25-30(42)38-28(22-14-9-8-10-15-22)32(44)36-24(18-34)29(41)37-27(21(3)40)31(43)35-20(2)19-46-26-17-12-7-6-11-16-23(26)33(45)39(25)4/h20-28,33,40,45H,5-19,34H2,1-4H3,(H,35,43)(H,36,44)(H,37,41)(H,38,42)/t20-,21+,23-,24+,25+,26-,27+,28+,33?/m1/s1. The summed E-state index contributed by atoms with van der Waals surface area (Å²) in [6.45, 7) is 5.06. The molecular weight excluding hydrogens is 592 g/mol. The number of aliphatic hydroxyl groups excluding tert-OH is 2. The van der Waals surface area contributed by atoms with Crippen molar-refractivity contribution in [1.82, 2.24) is 26.2 Å². The summed E-state index contributed by atoms with van der Waals surface area (Å²) in [5.41, 5.74) is 5.92. The zero-order chi connectivity index (χ0) is 33.8. The Morgan fingerprint density at radius 3 is 2.13 bits per heavy atom. The average molecular weight is 653 g/mol. The molecule has 1 saturated heterocycles. The molecule has 0 bridgehead atoms. The van der Waals surface area contributed by atoms with Gasteiger partial charge in [-0.3, -0.25) is 24.1 Å². The van der Waals surface area contributed by atoms with Gasteiger partial charge in [0.05, 0.1) is 24.9 Å². The van der Waals surface area contributed by atoms with Crippen LogP contribution in [-0.2, 0) is 23.9 Å². The van der Waals surface area contributed by atoms with Gasteiger partial charge in [0.1, 0.15) is 24.4 Å². The van der Waals surface area contributed by atoms with Crippen LogP contribution in [0, 0.1) is 11.8 Å². The monoisotopic (exact) mass is 652 g/mol. The molecule has 9 atom stereocenters. The zero-order valence-corrected chi connectivity index (χ0v) is 28.3. The molecule has 0 aromatic carbocycles. The number of carbonyl (C=O) groups is 4. The van der Waals surface area contributed by atoms with Gasteiger partial charge in [-0.05, 0) is 58.9 Å². The Morgan fingerprint density at radius 1 is 0.870 bits per heavy atom. The van der Waals surface area contributed by atoms with E-state index in [4.69, 9.17) is 10.5 Å². The molecule has 0 aromatic rings. The quantitative estimate of drug-likeness (QED) is 0.223. The SMILES string of the molecule is CCC[C@H]1C(=O)N[C@@H](C2CCCCC2)C(=O)N[C@@H](CN)C(=O)N[C@@H]([C@H](C)O)C(=O)N[C@H](C)CO[C@@H]2CCCCCC[C@H]2C(O)N1C. The van der Waals surface area contributed by atoms with E-state index in [2.05, 4.69) is 21.3 Å². The van der Waals surface area contributed by atoms with Crippen molar-refractivity contribution in [2.24, 2.45) is 17.6 Å². The molecule has 3 rings (SSSR count). The third kappa shape index (κ3) is 10.6. The predicted molar refractivity (Wildman–Crippen MR) is 174 cm³/mol. The van der Waals surface area contributed by atoms with Crippen molar-refractivity contribution in [3.05, 3.63) is 0 Å². The van der Waals surface area contributed by atoms with Gasteiger partial charge in [0.15, 0.2) is 0 Å². The van der Waals surface area contributed by atoms with Crippen molar-refractivity contribution in [3.63, 3.8) is 0 Å². The van der Waals surface area contributed by atoms with Crippen molar-refractivity contribution in [2.45, 2.75) is 153 Å². The first-order chi connectivity index (χ1) is 22.0. The maximum absolute atomic E-state index is 14.0. The summed E-state index contributed by atoms with van der Waals surface area (Å²) in [5, 5.41) is 33.4. The largest absolute Gasteiger partial charge is 0.391 e. The summed E-state index contributed by atoms with van der Waals surface area (Å²) in [6, 6.07) is -4.55. The molecule has 46 heavy (non-hydrogen) atoms. The number of hydrogen-bond donors (Lipinski definition) is 7. The molecular formula is C33H60N6O7. The molecule has 13 nitrogen and oxygen atoms in total. The fourth-order valence-electron chi connectivity index (χ4n) is 7.22. The Balaban J connectivity index is 2.01. The smallest absolute Gasteiger partial charge is 0.245 e. The molecule has 0 aromatic heterocycles. The lowest BCUT2D eigenvalue weighted by Gasteiger charge is -2.40. The summed E-state index contributed by atoms with van der Waals surface area (Å²) in [7, 11) is 1.76. The van der Waals surface area contributed by atoms with Gasteiger partial charge in [-0.1, -0.05) is 58.3 Å². The third-order valence-electron chi connectivity index (χ3n) is 9.99. The van der Waals surface area contributed by atoms with Gasteiger partial charge in [0.2, 0.25) is 23.6 Å². The Kier molecular flexibility index (Phi) is 15.6. The molecule has 2 aliphatic carbocycles. The van der Waals surface area contributed by atoms with Crippen LogP contribution < -0.4 is 27.0 Å². The second-order valence-corrected chi connectivity index (χ2v) is 13.7. The number of ether oxygens (including phenoxy) is 1. The van der Waals surface area contributed by atoms with E-state index in [1.165, 1.54) is 6.92 Å². The van der Waals surface area contributed by atoms with Gasteiger partial charge in [-0.2, -0.15) is 0 Å². The van der Waals surface area contributed by atoms with Crippen molar-refractivity contribution in [3.8, 4) is 0 Å². The van der Waals surface area contributed by atoms with E-state index < -0.39 is 60.3 Å². The summed E-state index contributed by atoms with van der Waals surface area (Å²) in [4.78, 5) is 56.1. The van der Waals surface area contributed by atoms with Crippen LogP contribution in [-0.4, -0.2) is 108 Å². The lowest BCUT2D eigenvalue weighted by molar-refractivity contribution is -0.144. The van der Waals surface area contributed by atoms with Gasteiger partial charge < -0.3 is 42.0 Å². The van der Waals surface area contributed by atoms with E-state index in [0.717, 1.165) is 70.6 Å². The number of rotatable bonds is 5. The Hall–Kier alpha value is -2.32. The summed E-state index contributed by atoms with van der Waals surface area (Å²) in [6.07, 6.45) is 8.50. The Morgan fingerprint density at radius 2 is 1.50 bits per heavy atom. The van der Waals surface area contributed by atoms with Crippen LogP contribution >= 0.6 is 0 Å². The van der Waals surface area contributed by atoms with Crippen molar-refractivity contribution >= 4 is 23.6 Å². The fourth-order valence-corrected chi connectivity index (χ4v) is 7.22. The van der Waals surface area contributed by atoms with E-state index in [-0.39, 0.29) is 37.0 Å². The van der Waals surface area contributed by atoms with Gasteiger partial charge in [0, 0.05) is 18.5 Å². The van der Waals surface area contributed by atoms with Crippen molar-refractivity contribution in [2.75, 3.05) is 20.2 Å². The molecule has 4 amide bonds. The molecule has 0 spiro atoms. The molecule has 2 saturated carbocycles. The van der Waals surface area contributed by atoms with E-state index >= 15 is 0 Å².